The molecule has 1 saturated heterocycles. The standard InChI is InChI=1S/C21H22N2O5/c1-23-14-18(19(24)21(23)26)20(25)22-12-5-13-27-15-8-10-17(11-9-15)28-16-6-3-2-4-7-16/h2-4,6-11,18H,5,12-14H2,1H3,(H,22,25). The number of para-hydroxylation sites is 1. The van der Waals surface area contributed by atoms with Crippen LogP contribution in [0.3, 0.4) is 0 Å². The van der Waals surface area contributed by atoms with Gasteiger partial charge in [0.1, 0.15) is 23.2 Å². The molecule has 1 atom stereocenters. The maximum atomic E-state index is 12.0. The highest BCUT2D eigenvalue weighted by atomic mass is 16.5. The molecule has 0 aliphatic carbocycles. The second-order valence-corrected chi connectivity index (χ2v) is 6.48. The molecular formula is C21H22N2O5. The van der Waals surface area contributed by atoms with Gasteiger partial charge in [0.2, 0.25) is 11.7 Å². The number of hydrogen-bond donors (Lipinski definition) is 1. The van der Waals surface area contributed by atoms with Gasteiger partial charge >= 0.3 is 0 Å². The van der Waals surface area contributed by atoms with Gasteiger partial charge in [0, 0.05) is 20.1 Å². The van der Waals surface area contributed by atoms with Crippen molar-refractivity contribution in [2.75, 3.05) is 26.7 Å². The van der Waals surface area contributed by atoms with Crippen molar-refractivity contribution in [3.63, 3.8) is 0 Å². The first-order valence-corrected chi connectivity index (χ1v) is 9.07. The van der Waals surface area contributed by atoms with Crippen LogP contribution in [0, 0.1) is 5.92 Å². The number of nitrogens with one attached hydrogen (secondary N) is 1. The summed E-state index contributed by atoms with van der Waals surface area (Å²) >= 11 is 0. The molecule has 2 aromatic carbocycles. The van der Waals surface area contributed by atoms with Crippen LogP contribution < -0.4 is 14.8 Å². The van der Waals surface area contributed by atoms with Crippen molar-refractivity contribution in [1.29, 1.82) is 0 Å². The van der Waals surface area contributed by atoms with Gasteiger partial charge in [-0.3, -0.25) is 14.4 Å². The van der Waals surface area contributed by atoms with Gasteiger partial charge in [-0.2, -0.15) is 0 Å². The number of hydrogen-bond acceptors (Lipinski definition) is 5. The minimum atomic E-state index is -0.907. The number of ether oxygens (including phenoxy) is 2. The fraction of sp³-hybridized carbons (Fsp3) is 0.286. The number of Topliss-reactive ketones (excluding diaryl/α,β-unsaturated/α-hetero) is 1. The summed E-state index contributed by atoms with van der Waals surface area (Å²) in [7, 11) is 1.51. The smallest absolute Gasteiger partial charge is 0.290 e. The van der Waals surface area contributed by atoms with Crippen molar-refractivity contribution >= 4 is 17.6 Å². The Kier molecular flexibility index (Phi) is 6.26. The first-order chi connectivity index (χ1) is 13.5. The zero-order chi connectivity index (χ0) is 19.9. The van der Waals surface area contributed by atoms with Crippen LogP contribution in [0.4, 0.5) is 0 Å². The van der Waals surface area contributed by atoms with Gasteiger partial charge in [-0.15, -0.1) is 0 Å². The van der Waals surface area contributed by atoms with Crippen LogP contribution in [0.25, 0.3) is 0 Å². The lowest BCUT2D eigenvalue weighted by Crippen LogP contribution is -2.36. The number of likely N-dealkylation sites (N-methyl/N-ethyl adjacent to an activating group) is 1. The first-order valence-electron chi connectivity index (χ1n) is 9.07. The molecule has 1 heterocycles. The van der Waals surface area contributed by atoms with Gasteiger partial charge in [0.15, 0.2) is 0 Å². The summed E-state index contributed by atoms with van der Waals surface area (Å²) in [6, 6.07) is 16.8. The molecule has 3 rings (SSSR count). The number of carbonyl (C=O) groups is 3. The number of amides is 2. The van der Waals surface area contributed by atoms with E-state index in [4.69, 9.17) is 9.47 Å². The van der Waals surface area contributed by atoms with E-state index in [9.17, 15) is 14.4 Å². The van der Waals surface area contributed by atoms with Crippen LogP contribution in [-0.2, 0) is 14.4 Å². The molecule has 1 fully saturated rings. The molecule has 2 aromatic rings. The molecule has 28 heavy (non-hydrogen) atoms. The lowest BCUT2D eigenvalue weighted by molar-refractivity contribution is -0.142. The predicted molar refractivity (Wildman–Crippen MR) is 102 cm³/mol. The normalized spacial score (nSPS) is 16.2. The molecule has 0 bridgehead atoms. The highest BCUT2D eigenvalue weighted by molar-refractivity contribution is 6.42. The molecule has 0 radical (unpaired) electrons. The van der Waals surface area contributed by atoms with Gasteiger partial charge < -0.3 is 19.7 Å². The fourth-order valence-corrected chi connectivity index (χ4v) is 2.80. The molecule has 146 valence electrons. The minimum Gasteiger partial charge on any atom is -0.494 e. The zero-order valence-electron chi connectivity index (χ0n) is 15.6. The summed E-state index contributed by atoms with van der Waals surface area (Å²) < 4.78 is 11.4. The van der Waals surface area contributed by atoms with E-state index in [0.29, 0.717) is 31.1 Å². The Hall–Kier alpha value is -3.35. The van der Waals surface area contributed by atoms with Crippen LogP contribution in [-0.4, -0.2) is 49.2 Å². The topological polar surface area (TPSA) is 84.9 Å². The molecule has 1 aliphatic rings. The van der Waals surface area contributed by atoms with Crippen LogP contribution >= 0.6 is 0 Å². The Morgan fingerprint density at radius 3 is 2.32 bits per heavy atom. The summed E-state index contributed by atoms with van der Waals surface area (Å²) in [5.41, 5.74) is 0. The number of rotatable bonds is 8. The second-order valence-electron chi connectivity index (χ2n) is 6.48. The van der Waals surface area contributed by atoms with E-state index in [-0.39, 0.29) is 6.54 Å². The van der Waals surface area contributed by atoms with E-state index in [0.717, 1.165) is 5.75 Å². The molecule has 7 heteroatoms. The highest BCUT2D eigenvalue weighted by Crippen LogP contribution is 2.23. The first kappa shape index (κ1) is 19.4. The molecule has 0 aromatic heterocycles. The SMILES string of the molecule is CN1CC(C(=O)NCCCOc2ccc(Oc3ccccc3)cc2)C(=O)C1=O. The highest BCUT2D eigenvalue weighted by Gasteiger charge is 2.41. The number of ketones is 1. The van der Waals surface area contributed by atoms with E-state index in [2.05, 4.69) is 5.32 Å². The van der Waals surface area contributed by atoms with Crippen molar-refractivity contribution < 1.29 is 23.9 Å². The van der Waals surface area contributed by atoms with Gasteiger partial charge in [0.05, 0.1) is 6.61 Å². The molecule has 7 nitrogen and oxygen atoms in total. The Morgan fingerprint density at radius 2 is 1.68 bits per heavy atom. The fourth-order valence-electron chi connectivity index (χ4n) is 2.80. The van der Waals surface area contributed by atoms with Crippen LogP contribution in [0.1, 0.15) is 6.42 Å². The molecule has 1 unspecified atom stereocenters. The van der Waals surface area contributed by atoms with Crippen molar-refractivity contribution in [3.8, 4) is 17.2 Å². The van der Waals surface area contributed by atoms with Crippen LogP contribution in [0.2, 0.25) is 0 Å². The van der Waals surface area contributed by atoms with Crippen molar-refractivity contribution in [2.24, 2.45) is 5.92 Å². The third-order valence-corrected chi connectivity index (χ3v) is 4.34. The van der Waals surface area contributed by atoms with E-state index in [1.165, 1.54) is 11.9 Å². The number of likely N-dealkylation sites (tertiary alicyclic amines) is 1. The molecule has 1 N–H and O–H groups in total. The Bertz CT molecular complexity index is 836. The summed E-state index contributed by atoms with van der Waals surface area (Å²) in [5, 5.41) is 2.68. The average Bonchev–Trinajstić information content (AvgIpc) is 2.97. The van der Waals surface area contributed by atoms with Gasteiger partial charge in [-0.1, -0.05) is 18.2 Å². The van der Waals surface area contributed by atoms with E-state index >= 15 is 0 Å². The van der Waals surface area contributed by atoms with Crippen LogP contribution in [0.15, 0.2) is 54.6 Å². The lowest BCUT2D eigenvalue weighted by Gasteiger charge is -2.11. The second kappa shape index (κ2) is 9.03. The van der Waals surface area contributed by atoms with E-state index in [1.807, 2.05) is 54.6 Å². The van der Waals surface area contributed by atoms with E-state index in [1.54, 1.807) is 0 Å². The zero-order valence-corrected chi connectivity index (χ0v) is 15.6. The van der Waals surface area contributed by atoms with Crippen molar-refractivity contribution in [1.82, 2.24) is 10.2 Å². The predicted octanol–water partition coefficient (Wildman–Crippen LogP) is 2.02. The Balaban J connectivity index is 1.36. The monoisotopic (exact) mass is 382 g/mol. The summed E-state index contributed by atoms with van der Waals surface area (Å²) in [5.74, 6) is -0.394. The molecule has 0 spiro atoms. The summed E-state index contributed by atoms with van der Waals surface area (Å²) in [6.07, 6.45) is 0.582. The average molecular weight is 382 g/mol. The number of benzene rings is 2. The van der Waals surface area contributed by atoms with Gasteiger partial charge in [-0.05, 0) is 42.8 Å². The summed E-state index contributed by atoms with van der Waals surface area (Å²) in [6.45, 7) is 0.920. The number of nitrogens with zero attached hydrogens (tertiary/aromatic N) is 1. The minimum absolute atomic E-state index is 0.136. The molecule has 2 amide bonds. The number of carbonyl (C=O) groups excluding carboxylic acids is 3. The summed E-state index contributed by atoms with van der Waals surface area (Å²) in [4.78, 5) is 36.4. The molecule has 1 aliphatic heterocycles. The van der Waals surface area contributed by atoms with Crippen LogP contribution in [0.5, 0.6) is 17.2 Å². The molecular weight excluding hydrogens is 360 g/mol. The van der Waals surface area contributed by atoms with Gasteiger partial charge in [0.25, 0.3) is 5.91 Å². The largest absolute Gasteiger partial charge is 0.494 e. The Morgan fingerprint density at radius 1 is 1.04 bits per heavy atom. The quantitative estimate of drug-likeness (QED) is 0.429. The van der Waals surface area contributed by atoms with Crippen molar-refractivity contribution in [3.05, 3.63) is 54.6 Å². The maximum Gasteiger partial charge on any atom is 0.290 e. The third kappa shape index (κ3) is 4.88. The Labute approximate surface area is 163 Å². The lowest BCUT2D eigenvalue weighted by atomic mass is 10.1. The van der Waals surface area contributed by atoms with Gasteiger partial charge in [-0.25, -0.2) is 0 Å². The third-order valence-electron chi connectivity index (χ3n) is 4.34. The maximum absolute atomic E-state index is 12.0. The van der Waals surface area contributed by atoms with Crippen molar-refractivity contribution in [2.45, 2.75) is 6.42 Å². The molecule has 0 saturated carbocycles. The van der Waals surface area contributed by atoms with E-state index < -0.39 is 23.5 Å².